The van der Waals surface area contributed by atoms with Crippen LogP contribution >= 0.6 is 0 Å². The Morgan fingerprint density at radius 1 is 1.16 bits per heavy atom. The third kappa shape index (κ3) is 4.37. The molecule has 0 aliphatic carbocycles. The molecule has 158 valence electrons. The lowest BCUT2D eigenvalue weighted by atomic mass is 10.1. The second-order valence-electron chi connectivity index (χ2n) is 7.60. The Morgan fingerprint density at radius 3 is 2.55 bits per heavy atom. The van der Waals surface area contributed by atoms with Gasteiger partial charge in [0.2, 0.25) is 0 Å². The number of nitrogens with one attached hydrogen (secondary N) is 1. The van der Waals surface area contributed by atoms with Crippen LogP contribution in [0.2, 0.25) is 0 Å². The molecule has 0 radical (unpaired) electrons. The first-order valence-electron chi connectivity index (χ1n) is 10.2. The lowest BCUT2D eigenvalue weighted by Gasteiger charge is -2.31. The summed E-state index contributed by atoms with van der Waals surface area (Å²) in [6, 6.07) is 19.3. The molecule has 0 bridgehead atoms. The van der Waals surface area contributed by atoms with Gasteiger partial charge in [-0.1, -0.05) is 18.2 Å². The van der Waals surface area contributed by atoms with Crippen molar-refractivity contribution in [1.29, 1.82) is 10.7 Å². The van der Waals surface area contributed by atoms with Gasteiger partial charge in [0.1, 0.15) is 28.8 Å². The molecule has 0 amide bonds. The Labute approximate surface area is 181 Å². The fourth-order valence-electron chi connectivity index (χ4n) is 3.97. The average molecular weight is 416 g/mol. The standard InChI is InChI=1S/C23H25N7O/c24-12-14-29-13-4-5-17(15-29)30-23(27)20(22(25)26)21(28-30)16-8-10-19(11-9-16)31-18-6-2-1-3-7-18/h1-3,6-11,17H,4-5,13-15,27H2,(H3,25,26). The van der Waals surface area contributed by atoms with Crippen molar-refractivity contribution in [3.05, 3.63) is 60.2 Å². The van der Waals surface area contributed by atoms with E-state index in [2.05, 4.69) is 11.0 Å². The molecule has 8 nitrogen and oxygen atoms in total. The number of hydrogen-bond donors (Lipinski definition) is 3. The molecule has 1 atom stereocenters. The topological polar surface area (TPSA) is 130 Å². The van der Waals surface area contributed by atoms with E-state index >= 15 is 0 Å². The van der Waals surface area contributed by atoms with Gasteiger partial charge in [0.05, 0.1) is 24.2 Å². The minimum atomic E-state index is -0.118. The Balaban J connectivity index is 1.63. The number of benzene rings is 2. The molecule has 1 saturated heterocycles. The van der Waals surface area contributed by atoms with Crippen LogP contribution in [0, 0.1) is 16.7 Å². The molecule has 0 spiro atoms. The average Bonchev–Trinajstić information content (AvgIpc) is 3.13. The molecular weight excluding hydrogens is 390 g/mol. The Bertz CT molecular complexity index is 1100. The van der Waals surface area contributed by atoms with Crippen molar-refractivity contribution in [2.45, 2.75) is 18.9 Å². The van der Waals surface area contributed by atoms with Crippen molar-refractivity contribution < 1.29 is 4.74 Å². The van der Waals surface area contributed by atoms with E-state index in [9.17, 15) is 0 Å². The molecule has 1 unspecified atom stereocenters. The van der Waals surface area contributed by atoms with Crippen LogP contribution in [0.5, 0.6) is 11.5 Å². The van der Waals surface area contributed by atoms with Gasteiger partial charge in [-0.2, -0.15) is 10.4 Å². The predicted molar refractivity (Wildman–Crippen MR) is 120 cm³/mol. The quantitative estimate of drug-likeness (QED) is 0.321. The highest BCUT2D eigenvalue weighted by atomic mass is 16.5. The molecule has 0 saturated carbocycles. The van der Waals surface area contributed by atoms with Crippen LogP contribution in [0.4, 0.5) is 5.82 Å². The molecule has 5 N–H and O–H groups in total. The second-order valence-corrected chi connectivity index (χ2v) is 7.60. The number of anilines is 1. The van der Waals surface area contributed by atoms with Crippen molar-refractivity contribution in [2.75, 3.05) is 25.4 Å². The van der Waals surface area contributed by atoms with Crippen molar-refractivity contribution >= 4 is 11.7 Å². The number of hydrogen-bond acceptors (Lipinski definition) is 6. The minimum Gasteiger partial charge on any atom is -0.457 e. The van der Waals surface area contributed by atoms with Gasteiger partial charge in [-0.25, -0.2) is 4.68 Å². The van der Waals surface area contributed by atoms with Gasteiger partial charge in [0.15, 0.2) is 0 Å². The number of ether oxygens (including phenoxy) is 1. The van der Waals surface area contributed by atoms with Crippen LogP contribution in [-0.4, -0.2) is 40.2 Å². The zero-order chi connectivity index (χ0) is 21.8. The molecule has 1 aliphatic rings. The first-order valence-corrected chi connectivity index (χ1v) is 10.2. The van der Waals surface area contributed by atoms with Gasteiger partial charge < -0.3 is 16.2 Å². The van der Waals surface area contributed by atoms with E-state index in [4.69, 9.17) is 32.0 Å². The number of nitrogens with two attached hydrogens (primary N) is 2. The number of aromatic nitrogens is 2. The second kappa shape index (κ2) is 8.90. The van der Waals surface area contributed by atoms with Crippen LogP contribution in [-0.2, 0) is 0 Å². The highest BCUT2D eigenvalue weighted by Gasteiger charge is 2.27. The van der Waals surface area contributed by atoms with Crippen LogP contribution in [0.1, 0.15) is 24.4 Å². The summed E-state index contributed by atoms with van der Waals surface area (Å²) >= 11 is 0. The van der Waals surface area contributed by atoms with Gasteiger partial charge in [0.25, 0.3) is 0 Å². The van der Waals surface area contributed by atoms with E-state index < -0.39 is 0 Å². The molecule has 1 fully saturated rings. The number of para-hydroxylation sites is 1. The van der Waals surface area contributed by atoms with E-state index in [0.29, 0.717) is 35.9 Å². The number of rotatable bonds is 6. The molecular formula is C23H25N7O. The SMILES string of the molecule is N#CCN1CCCC(n2nc(-c3ccc(Oc4ccccc4)cc3)c(C(=N)N)c2N)C1. The summed E-state index contributed by atoms with van der Waals surface area (Å²) in [6.45, 7) is 1.97. The smallest absolute Gasteiger partial charge is 0.133 e. The maximum Gasteiger partial charge on any atom is 0.133 e. The summed E-state index contributed by atoms with van der Waals surface area (Å²) < 4.78 is 7.62. The van der Waals surface area contributed by atoms with Crippen molar-refractivity contribution in [3.8, 4) is 28.8 Å². The number of nitrogens with zero attached hydrogens (tertiary/aromatic N) is 4. The number of nitriles is 1. The Morgan fingerprint density at radius 2 is 1.87 bits per heavy atom. The van der Waals surface area contributed by atoms with Crippen LogP contribution in [0.25, 0.3) is 11.3 Å². The van der Waals surface area contributed by atoms with Crippen molar-refractivity contribution in [1.82, 2.24) is 14.7 Å². The maximum absolute atomic E-state index is 9.02. The van der Waals surface area contributed by atoms with Crippen LogP contribution in [0.15, 0.2) is 54.6 Å². The summed E-state index contributed by atoms with van der Waals surface area (Å²) in [4.78, 5) is 2.10. The van der Waals surface area contributed by atoms with E-state index in [0.717, 1.165) is 30.7 Å². The van der Waals surface area contributed by atoms with Gasteiger partial charge >= 0.3 is 0 Å². The number of likely N-dealkylation sites (tertiary alicyclic amines) is 1. The molecule has 31 heavy (non-hydrogen) atoms. The fourth-order valence-corrected chi connectivity index (χ4v) is 3.97. The lowest BCUT2D eigenvalue weighted by molar-refractivity contribution is 0.188. The normalized spacial score (nSPS) is 16.5. The fraction of sp³-hybridized carbons (Fsp3) is 0.261. The highest BCUT2D eigenvalue weighted by Crippen LogP contribution is 2.33. The van der Waals surface area contributed by atoms with E-state index in [-0.39, 0.29) is 11.9 Å². The molecule has 3 aromatic rings. The number of nitrogen functional groups attached to an aromatic ring is 2. The largest absolute Gasteiger partial charge is 0.457 e. The summed E-state index contributed by atoms with van der Waals surface area (Å²) in [5.41, 5.74) is 14.1. The third-order valence-electron chi connectivity index (χ3n) is 5.44. The first-order chi connectivity index (χ1) is 15.1. The third-order valence-corrected chi connectivity index (χ3v) is 5.44. The van der Waals surface area contributed by atoms with Crippen molar-refractivity contribution in [3.63, 3.8) is 0 Å². The highest BCUT2D eigenvalue weighted by molar-refractivity contribution is 6.04. The Hall–Kier alpha value is -3.83. The van der Waals surface area contributed by atoms with Gasteiger partial charge in [0, 0.05) is 12.1 Å². The summed E-state index contributed by atoms with van der Waals surface area (Å²) in [7, 11) is 0. The molecule has 2 heterocycles. The lowest BCUT2D eigenvalue weighted by Crippen LogP contribution is -2.37. The monoisotopic (exact) mass is 415 g/mol. The first kappa shape index (κ1) is 20.4. The van der Waals surface area contributed by atoms with Gasteiger partial charge in [-0.05, 0) is 55.8 Å². The number of amidine groups is 1. The molecule has 2 aromatic carbocycles. The summed E-state index contributed by atoms with van der Waals surface area (Å²) in [6.07, 6.45) is 1.87. The summed E-state index contributed by atoms with van der Waals surface area (Å²) in [5.74, 6) is 1.72. The molecule has 8 heteroatoms. The van der Waals surface area contributed by atoms with E-state index in [1.54, 1.807) is 4.68 Å². The van der Waals surface area contributed by atoms with Crippen LogP contribution < -0.4 is 16.2 Å². The van der Waals surface area contributed by atoms with E-state index in [1.165, 1.54) is 0 Å². The minimum absolute atomic E-state index is 0.0367. The van der Waals surface area contributed by atoms with Crippen LogP contribution in [0.3, 0.4) is 0 Å². The van der Waals surface area contributed by atoms with Crippen molar-refractivity contribution in [2.24, 2.45) is 5.73 Å². The van der Waals surface area contributed by atoms with Gasteiger partial charge in [-0.15, -0.1) is 0 Å². The molecule has 1 aromatic heterocycles. The predicted octanol–water partition coefficient (Wildman–Crippen LogP) is 3.37. The Kier molecular flexibility index (Phi) is 5.87. The zero-order valence-corrected chi connectivity index (χ0v) is 17.2. The molecule has 1 aliphatic heterocycles. The number of piperidine rings is 1. The van der Waals surface area contributed by atoms with Gasteiger partial charge in [-0.3, -0.25) is 10.3 Å². The summed E-state index contributed by atoms with van der Waals surface area (Å²) in [5, 5.41) is 21.8. The van der Waals surface area contributed by atoms with E-state index in [1.807, 2.05) is 54.6 Å². The molecule has 4 rings (SSSR count). The maximum atomic E-state index is 9.02. The zero-order valence-electron chi connectivity index (χ0n) is 17.2.